The van der Waals surface area contributed by atoms with E-state index in [-0.39, 0.29) is 33.0 Å². The molecular formula is C20H11ClFNO4S. The summed E-state index contributed by atoms with van der Waals surface area (Å²) in [7, 11) is 0. The fourth-order valence-corrected chi connectivity index (χ4v) is 3.86. The molecule has 0 unspecified atom stereocenters. The monoisotopic (exact) mass is 415 g/mol. The van der Waals surface area contributed by atoms with Gasteiger partial charge in [0.25, 0.3) is 11.1 Å². The van der Waals surface area contributed by atoms with Gasteiger partial charge in [-0.05, 0) is 42.1 Å². The molecule has 0 spiro atoms. The van der Waals surface area contributed by atoms with Crippen molar-refractivity contribution in [3.63, 3.8) is 0 Å². The topological polar surface area (TPSA) is 67.6 Å². The molecule has 3 aromatic rings. The van der Waals surface area contributed by atoms with Crippen LogP contribution in [0.2, 0.25) is 5.02 Å². The Morgan fingerprint density at radius 3 is 2.68 bits per heavy atom. The van der Waals surface area contributed by atoms with E-state index >= 15 is 0 Å². The summed E-state index contributed by atoms with van der Waals surface area (Å²) in [6, 6.07) is 10.8. The molecule has 0 aliphatic carbocycles. The van der Waals surface area contributed by atoms with Crippen LogP contribution in [-0.2, 0) is 11.3 Å². The first kappa shape index (κ1) is 18.5. The van der Waals surface area contributed by atoms with Gasteiger partial charge in [0.2, 0.25) is 0 Å². The van der Waals surface area contributed by atoms with Crippen molar-refractivity contribution in [2.45, 2.75) is 6.54 Å². The molecule has 0 atom stereocenters. The number of amides is 2. The molecular weight excluding hydrogens is 405 g/mol. The summed E-state index contributed by atoms with van der Waals surface area (Å²) < 4.78 is 19.4. The highest BCUT2D eigenvalue weighted by molar-refractivity contribution is 8.18. The number of carbonyl (C=O) groups excluding carboxylic acids is 2. The van der Waals surface area contributed by atoms with E-state index in [1.807, 2.05) is 0 Å². The van der Waals surface area contributed by atoms with Crippen molar-refractivity contribution in [2.24, 2.45) is 0 Å². The molecule has 0 N–H and O–H groups in total. The van der Waals surface area contributed by atoms with E-state index in [9.17, 15) is 18.8 Å². The Morgan fingerprint density at radius 1 is 1.11 bits per heavy atom. The Balaban J connectivity index is 1.68. The number of thioether (sulfide) groups is 1. The van der Waals surface area contributed by atoms with Gasteiger partial charge in [0.1, 0.15) is 17.7 Å². The Kier molecular flexibility index (Phi) is 4.78. The van der Waals surface area contributed by atoms with Crippen molar-refractivity contribution in [1.29, 1.82) is 0 Å². The third-order valence-corrected chi connectivity index (χ3v) is 5.51. The summed E-state index contributed by atoms with van der Waals surface area (Å²) in [5, 5.41) is -0.0763. The summed E-state index contributed by atoms with van der Waals surface area (Å²) >= 11 is 6.66. The zero-order valence-electron chi connectivity index (χ0n) is 14.1. The van der Waals surface area contributed by atoms with Gasteiger partial charge in [-0.2, -0.15) is 0 Å². The van der Waals surface area contributed by atoms with Gasteiger partial charge >= 0.3 is 0 Å². The van der Waals surface area contributed by atoms with E-state index in [0.29, 0.717) is 22.7 Å². The van der Waals surface area contributed by atoms with Gasteiger partial charge in [-0.1, -0.05) is 29.8 Å². The fourth-order valence-electron chi connectivity index (χ4n) is 2.81. The molecule has 140 valence electrons. The number of benzene rings is 2. The average molecular weight is 416 g/mol. The number of para-hydroxylation sites is 1. The van der Waals surface area contributed by atoms with Crippen molar-refractivity contribution in [3.05, 3.63) is 85.8 Å². The van der Waals surface area contributed by atoms with Crippen LogP contribution >= 0.6 is 23.4 Å². The SMILES string of the molecule is O=C1S/C(=C\c2coc3ccccc3c2=O)C(=O)N1Cc1c(F)cccc1Cl. The van der Waals surface area contributed by atoms with E-state index in [2.05, 4.69) is 0 Å². The van der Waals surface area contributed by atoms with Gasteiger partial charge in [0.05, 0.1) is 22.4 Å². The smallest absolute Gasteiger partial charge is 0.293 e. The molecule has 0 radical (unpaired) electrons. The molecule has 8 heteroatoms. The highest BCUT2D eigenvalue weighted by atomic mass is 35.5. The standard InChI is InChI=1S/C20H11ClFNO4S/c21-14-5-3-6-15(22)13(14)9-23-19(25)17(28-20(23)26)8-11-10-27-16-7-2-1-4-12(16)18(11)24/h1-8,10H,9H2/b17-8-. The Bertz CT molecular complexity index is 1200. The van der Waals surface area contributed by atoms with Crippen molar-refractivity contribution >= 4 is 51.6 Å². The minimum absolute atomic E-state index is 0.0536. The van der Waals surface area contributed by atoms with E-state index in [1.54, 1.807) is 24.3 Å². The van der Waals surface area contributed by atoms with E-state index in [1.165, 1.54) is 30.5 Å². The van der Waals surface area contributed by atoms with Crippen molar-refractivity contribution in [1.82, 2.24) is 4.90 Å². The Hall–Kier alpha value is -2.90. The number of nitrogens with zero attached hydrogens (tertiary/aromatic N) is 1. The van der Waals surface area contributed by atoms with Crippen LogP contribution in [0.15, 0.2) is 62.8 Å². The van der Waals surface area contributed by atoms with E-state index in [4.69, 9.17) is 16.0 Å². The molecule has 1 aliphatic rings. The lowest BCUT2D eigenvalue weighted by molar-refractivity contribution is -0.123. The molecule has 0 saturated carbocycles. The van der Waals surface area contributed by atoms with Gasteiger partial charge in [-0.15, -0.1) is 0 Å². The van der Waals surface area contributed by atoms with Crippen molar-refractivity contribution in [3.8, 4) is 0 Å². The van der Waals surface area contributed by atoms with Crippen LogP contribution in [0.3, 0.4) is 0 Å². The number of hydrogen-bond acceptors (Lipinski definition) is 5. The number of halogens is 2. The van der Waals surface area contributed by atoms with Crippen LogP contribution in [0, 0.1) is 5.82 Å². The Labute approximate surface area is 167 Å². The highest BCUT2D eigenvalue weighted by Gasteiger charge is 2.36. The number of rotatable bonds is 3. The molecule has 5 nitrogen and oxygen atoms in total. The second-order valence-corrected chi connectivity index (χ2v) is 7.38. The molecule has 1 aromatic heterocycles. The number of hydrogen-bond donors (Lipinski definition) is 0. The van der Waals surface area contributed by atoms with Gasteiger partial charge in [0.15, 0.2) is 5.43 Å². The normalized spacial score (nSPS) is 15.8. The summed E-state index contributed by atoms with van der Waals surface area (Å²) in [6.07, 6.45) is 2.55. The maximum atomic E-state index is 14.0. The van der Waals surface area contributed by atoms with Gasteiger partial charge in [-0.3, -0.25) is 19.3 Å². The first-order valence-electron chi connectivity index (χ1n) is 8.14. The minimum atomic E-state index is -0.623. The highest BCUT2D eigenvalue weighted by Crippen LogP contribution is 2.34. The predicted molar refractivity (Wildman–Crippen MR) is 105 cm³/mol. The van der Waals surface area contributed by atoms with Crippen LogP contribution in [0.4, 0.5) is 9.18 Å². The van der Waals surface area contributed by atoms with Crippen LogP contribution < -0.4 is 5.43 Å². The maximum absolute atomic E-state index is 14.0. The zero-order chi connectivity index (χ0) is 19.8. The van der Waals surface area contributed by atoms with Crippen molar-refractivity contribution < 1.29 is 18.4 Å². The van der Waals surface area contributed by atoms with Gasteiger partial charge < -0.3 is 4.42 Å². The molecule has 4 rings (SSSR count). The lowest BCUT2D eigenvalue weighted by Gasteiger charge is -2.14. The number of carbonyl (C=O) groups is 2. The van der Waals surface area contributed by atoms with Crippen LogP contribution in [0.25, 0.3) is 17.0 Å². The largest absolute Gasteiger partial charge is 0.463 e. The summed E-state index contributed by atoms with van der Waals surface area (Å²) in [6.45, 7) is -0.292. The fraction of sp³-hybridized carbons (Fsp3) is 0.0500. The summed E-state index contributed by atoms with van der Waals surface area (Å²) in [5.41, 5.74) is 0.309. The molecule has 28 heavy (non-hydrogen) atoms. The van der Waals surface area contributed by atoms with Gasteiger partial charge in [-0.25, -0.2) is 4.39 Å². The quantitative estimate of drug-likeness (QED) is 0.573. The lowest BCUT2D eigenvalue weighted by atomic mass is 10.1. The van der Waals surface area contributed by atoms with Gasteiger partial charge in [0, 0.05) is 10.6 Å². The summed E-state index contributed by atoms with van der Waals surface area (Å²) in [4.78, 5) is 38.4. The minimum Gasteiger partial charge on any atom is -0.463 e. The van der Waals surface area contributed by atoms with Crippen LogP contribution in [0.5, 0.6) is 0 Å². The first-order chi connectivity index (χ1) is 13.5. The molecule has 1 aliphatic heterocycles. The average Bonchev–Trinajstić information content (AvgIpc) is 2.94. The third-order valence-electron chi connectivity index (χ3n) is 4.24. The maximum Gasteiger partial charge on any atom is 0.293 e. The molecule has 0 bridgehead atoms. The first-order valence-corrected chi connectivity index (χ1v) is 9.34. The molecule has 2 aromatic carbocycles. The number of imide groups is 1. The second-order valence-electron chi connectivity index (χ2n) is 5.98. The Morgan fingerprint density at radius 2 is 1.89 bits per heavy atom. The number of fused-ring (bicyclic) bond motifs is 1. The lowest BCUT2D eigenvalue weighted by Crippen LogP contribution is -2.28. The molecule has 1 saturated heterocycles. The van der Waals surface area contributed by atoms with E-state index in [0.717, 1.165) is 4.90 Å². The summed E-state index contributed by atoms with van der Waals surface area (Å²) in [5.74, 6) is -1.23. The third kappa shape index (κ3) is 3.23. The van der Waals surface area contributed by atoms with Crippen LogP contribution in [0.1, 0.15) is 11.1 Å². The molecule has 1 fully saturated rings. The van der Waals surface area contributed by atoms with Crippen molar-refractivity contribution in [2.75, 3.05) is 0 Å². The molecule has 2 amide bonds. The second kappa shape index (κ2) is 7.26. The predicted octanol–water partition coefficient (Wildman–Crippen LogP) is 4.82. The van der Waals surface area contributed by atoms with Crippen LogP contribution in [-0.4, -0.2) is 16.0 Å². The molecule has 2 heterocycles. The zero-order valence-corrected chi connectivity index (χ0v) is 15.7. The van der Waals surface area contributed by atoms with E-state index < -0.39 is 17.0 Å².